The van der Waals surface area contributed by atoms with Crippen molar-refractivity contribution >= 4 is 23.5 Å². The molecule has 2 rings (SSSR count). The molecule has 0 amide bonds. The van der Waals surface area contributed by atoms with Crippen molar-refractivity contribution < 1.29 is 0 Å². The number of nitrogen functional groups attached to an aromatic ring is 1. The fourth-order valence-corrected chi connectivity index (χ4v) is 3.11. The summed E-state index contributed by atoms with van der Waals surface area (Å²) in [5.41, 5.74) is 3.51. The van der Waals surface area contributed by atoms with Gasteiger partial charge in [-0.25, -0.2) is 10.8 Å². The first-order valence-corrected chi connectivity index (χ1v) is 7.00. The molecule has 1 aromatic rings. The lowest BCUT2D eigenvalue weighted by molar-refractivity contribution is 0.676. The van der Waals surface area contributed by atoms with E-state index in [4.69, 9.17) is 5.84 Å². The van der Waals surface area contributed by atoms with Gasteiger partial charge in [-0.2, -0.15) is 16.7 Å². The number of nitrogens with two attached hydrogens (primary N) is 1. The van der Waals surface area contributed by atoms with E-state index in [0.29, 0.717) is 11.2 Å². The number of hydrogen-bond donors (Lipinski definition) is 3. The number of nitrogens with zero attached hydrogens (tertiary/aromatic N) is 2. The Labute approximate surface area is 106 Å². The Kier molecular flexibility index (Phi) is 4.44. The van der Waals surface area contributed by atoms with Gasteiger partial charge < -0.3 is 5.32 Å². The SMILES string of the molecule is Cc1cnc(NN)nc1NCC1CCCCS1. The summed E-state index contributed by atoms with van der Waals surface area (Å²) in [5.74, 6) is 7.91. The van der Waals surface area contributed by atoms with Gasteiger partial charge in [0.1, 0.15) is 5.82 Å². The quantitative estimate of drug-likeness (QED) is 0.561. The summed E-state index contributed by atoms with van der Waals surface area (Å²) in [4.78, 5) is 8.37. The van der Waals surface area contributed by atoms with Crippen molar-refractivity contribution in [3.8, 4) is 0 Å². The summed E-state index contributed by atoms with van der Waals surface area (Å²) in [6, 6.07) is 0. The predicted molar refractivity (Wildman–Crippen MR) is 73.2 cm³/mol. The highest BCUT2D eigenvalue weighted by atomic mass is 32.2. The molecule has 0 aromatic carbocycles. The van der Waals surface area contributed by atoms with Crippen molar-refractivity contribution in [2.75, 3.05) is 23.0 Å². The number of thioether (sulfide) groups is 1. The fraction of sp³-hybridized carbons (Fsp3) is 0.636. The molecule has 2 heterocycles. The summed E-state index contributed by atoms with van der Waals surface area (Å²) >= 11 is 2.05. The van der Waals surface area contributed by atoms with Crippen LogP contribution in [0.2, 0.25) is 0 Å². The highest BCUT2D eigenvalue weighted by Gasteiger charge is 2.14. The molecular weight excluding hydrogens is 234 g/mol. The second-order valence-electron chi connectivity index (χ2n) is 4.24. The number of rotatable bonds is 4. The largest absolute Gasteiger partial charge is 0.369 e. The molecule has 0 spiro atoms. The van der Waals surface area contributed by atoms with E-state index in [1.165, 1.54) is 25.0 Å². The van der Waals surface area contributed by atoms with Crippen molar-refractivity contribution in [1.29, 1.82) is 0 Å². The lowest BCUT2D eigenvalue weighted by Gasteiger charge is -2.22. The fourth-order valence-electron chi connectivity index (χ4n) is 1.87. The zero-order valence-corrected chi connectivity index (χ0v) is 10.9. The predicted octanol–water partition coefficient (Wildman–Crippen LogP) is 1.77. The number of hydrazine groups is 1. The van der Waals surface area contributed by atoms with Gasteiger partial charge in [0.15, 0.2) is 0 Å². The number of aromatic nitrogens is 2. The maximum absolute atomic E-state index is 5.30. The Morgan fingerprint density at radius 1 is 1.53 bits per heavy atom. The summed E-state index contributed by atoms with van der Waals surface area (Å²) in [7, 11) is 0. The van der Waals surface area contributed by atoms with Gasteiger partial charge in [0.05, 0.1) is 0 Å². The third-order valence-corrected chi connectivity index (χ3v) is 4.27. The number of aryl methyl sites for hydroxylation is 1. The van der Waals surface area contributed by atoms with Gasteiger partial charge >= 0.3 is 0 Å². The second-order valence-corrected chi connectivity index (χ2v) is 5.65. The molecule has 17 heavy (non-hydrogen) atoms. The zero-order valence-electron chi connectivity index (χ0n) is 10.1. The molecule has 1 aromatic heterocycles. The molecule has 1 aliphatic heterocycles. The van der Waals surface area contributed by atoms with Crippen molar-refractivity contribution in [2.45, 2.75) is 31.4 Å². The van der Waals surface area contributed by atoms with E-state index in [2.05, 4.69) is 32.5 Å². The third kappa shape index (κ3) is 3.47. The zero-order chi connectivity index (χ0) is 12.1. The van der Waals surface area contributed by atoms with Crippen LogP contribution >= 0.6 is 11.8 Å². The Morgan fingerprint density at radius 3 is 3.12 bits per heavy atom. The maximum atomic E-state index is 5.30. The van der Waals surface area contributed by atoms with Gasteiger partial charge in [0, 0.05) is 23.6 Å². The molecule has 1 saturated heterocycles. The van der Waals surface area contributed by atoms with Crippen LogP contribution in [0, 0.1) is 6.92 Å². The topological polar surface area (TPSA) is 75.9 Å². The molecule has 4 N–H and O–H groups in total. The first-order chi connectivity index (χ1) is 8.29. The van der Waals surface area contributed by atoms with Crippen molar-refractivity contribution in [2.24, 2.45) is 5.84 Å². The Bertz CT molecular complexity index is 365. The van der Waals surface area contributed by atoms with E-state index in [0.717, 1.165) is 17.9 Å². The average Bonchev–Trinajstić information content (AvgIpc) is 2.39. The van der Waals surface area contributed by atoms with Gasteiger partial charge in [-0.15, -0.1) is 0 Å². The van der Waals surface area contributed by atoms with E-state index < -0.39 is 0 Å². The van der Waals surface area contributed by atoms with Crippen LogP contribution in [-0.2, 0) is 0 Å². The van der Waals surface area contributed by atoms with Crippen LogP contribution in [-0.4, -0.2) is 27.5 Å². The van der Waals surface area contributed by atoms with E-state index >= 15 is 0 Å². The molecule has 0 radical (unpaired) electrons. The molecule has 5 nitrogen and oxygen atoms in total. The normalized spacial score (nSPS) is 20.0. The third-order valence-electron chi connectivity index (χ3n) is 2.87. The van der Waals surface area contributed by atoms with Crippen LogP contribution in [0.3, 0.4) is 0 Å². The van der Waals surface area contributed by atoms with E-state index in [1.54, 1.807) is 6.20 Å². The lowest BCUT2D eigenvalue weighted by atomic mass is 10.2. The smallest absolute Gasteiger partial charge is 0.239 e. The molecular formula is C11H19N5S. The molecule has 0 bridgehead atoms. The summed E-state index contributed by atoms with van der Waals surface area (Å²) < 4.78 is 0. The highest BCUT2D eigenvalue weighted by Crippen LogP contribution is 2.25. The van der Waals surface area contributed by atoms with Crippen molar-refractivity contribution in [3.63, 3.8) is 0 Å². The molecule has 0 aliphatic carbocycles. The summed E-state index contributed by atoms with van der Waals surface area (Å²) in [5, 5.41) is 4.09. The van der Waals surface area contributed by atoms with Crippen LogP contribution in [0.25, 0.3) is 0 Å². The minimum Gasteiger partial charge on any atom is -0.369 e. The van der Waals surface area contributed by atoms with Gasteiger partial charge in [0.2, 0.25) is 5.95 Å². The van der Waals surface area contributed by atoms with Gasteiger partial charge in [0.25, 0.3) is 0 Å². The van der Waals surface area contributed by atoms with Crippen molar-refractivity contribution in [1.82, 2.24) is 9.97 Å². The Morgan fingerprint density at radius 2 is 2.41 bits per heavy atom. The van der Waals surface area contributed by atoms with Crippen molar-refractivity contribution in [3.05, 3.63) is 11.8 Å². The van der Waals surface area contributed by atoms with Crippen LogP contribution in [0.4, 0.5) is 11.8 Å². The monoisotopic (exact) mass is 253 g/mol. The first kappa shape index (κ1) is 12.4. The minimum atomic E-state index is 0.453. The molecule has 1 atom stereocenters. The number of nitrogens with one attached hydrogen (secondary N) is 2. The molecule has 6 heteroatoms. The van der Waals surface area contributed by atoms with Gasteiger partial charge in [-0.1, -0.05) is 6.42 Å². The summed E-state index contributed by atoms with van der Waals surface area (Å²) in [6.45, 7) is 2.96. The van der Waals surface area contributed by atoms with E-state index in [9.17, 15) is 0 Å². The maximum Gasteiger partial charge on any atom is 0.239 e. The van der Waals surface area contributed by atoms with Gasteiger partial charge in [-0.05, 0) is 25.5 Å². The Hall–Kier alpha value is -1.01. The molecule has 0 saturated carbocycles. The Balaban J connectivity index is 1.92. The minimum absolute atomic E-state index is 0.453. The van der Waals surface area contributed by atoms with E-state index in [1.807, 2.05) is 6.92 Å². The molecule has 94 valence electrons. The van der Waals surface area contributed by atoms with Crippen LogP contribution in [0.5, 0.6) is 0 Å². The number of anilines is 2. The molecule has 1 unspecified atom stereocenters. The second kappa shape index (κ2) is 6.07. The van der Waals surface area contributed by atoms with Gasteiger partial charge in [-0.3, -0.25) is 5.43 Å². The summed E-state index contributed by atoms with van der Waals surface area (Å²) in [6.07, 6.45) is 5.77. The first-order valence-electron chi connectivity index (χ1n) is 5.95. The van der Waals surface area contributed by atoms with Crippen LogP contribution < -0.4 is 16.6 Å². The molecule has 1 fully saturated rings. The molecule has 1 aliphatic rings. The average molecular weight is 253 g/mol. The highest BCUT2D eigenvalue weighted by molar-refractivity contribution is 7.99. The standard InChI is InChI=1S/C11H19N5S/c1-8-6-14-11(16-12)15-10(8)13-7-9-4-2-3-5-17-9/h6,9H,2-5,7,12H2,1H3,(H2,13,14,15,16). The van der Waals surface area contributed by atoms with Crippen LogP contribution in [0.1, 0.15) is 24.8 Å². The van der Waals surface area contributed by atoms with Crippen LogP contribution in [0.15, 0.2) is 6.20 Å². The number of hydrogen-bond acceptors (Lipinski definition) is 6. The lowest BCUT2D eigenvalue weighted by Crippen LogP contribution is -2.21. The van der Waals surface area contributed by atoms with E-state index in [-0.39, 0.29) is 0 Å².